The van der Waals surface area contributed by atoms with Crippen LogP contribution in [0.2, 0.25) is 0 Å². The number of ketones is 1. The minimum absolute atomic E-state index is 0.0350. The number of hydrazone groups is 1. The number of nitrogens with zero attached hydrogens (tertiary/aromatic N) is 3. The summed E-state index contributed by atoms with van der Waals surface area (Å²) in [4.78, 5) is 40.8. The van der Waals surface area contributed by atoms with Crippen LogP contribution in [0.15, 0.2) is 41.2 Å². The molecule has 17 nitrogen and oxygen atoms in total. The van der Waals surface area contributed by atoms with Crippen molar-refractivity contribution in [3.05, 3.63) is 58.0 Å². The summed E-state index contributed by atoms with van der Waals surface area (Å²) in [5, 5.41) is 80.8. The number of carbonyl (C=O) groups is 3. The number of methoxy groups -OCH3 is 1. The largest absolute Gasteiger partial charge is 0.632 e. The number of nitrogens with one attached hydrogen (secondary N) is 1. The number of phenolic OH excluding ortho intramolecular Hbond substituents is 3. The SMILES string of the molecule is CO[C@H]1/C=C/O[C@@]2(C)Oc3c(C)c(O)c4c(O)c(c(/C=N/N5CC[N+]([O-])(C6CCCC6)CC5)c(O)c4c3C2=O)NC(=O)/C(C)=C\C=C\[C@H](C)[C@H](O)[C@@H](C)[C@@H](O)[C@@H](C)[C@H](OC(C)=O)[C@@H]1C. The molecule has 0 radical (unpaired) electrons. The Morgan fingerprint density at radius 2 is 1.62 bits per heavy atom. The highest BCUT2D eigenvalue weighted by molar-refractivity contribution is 6.23. The Balaban J connectivity index is 1.48. The average Bonchev–Trinajstić information content (AvgIpc) is 3.91. The molecule has 1 amide bonds. The highest BCUT2D eigenvalue weighted by atomic mass is 16.7. The monoisotopic (exact) mass is 892 g/mol. The highest BCUT2D eigenvalue weighted by Gasteiger charge is 2.50. The number of amides is 1. The van der Waals surface area contributed by atoms with E-state index in [1.54, 1.807) is 44.9 Å². The van der Waals surface area contributed by atoms with Crippen LogP contribution in [0.4, 0.5) is 5.69 Å². The maximum absolute atomic E-state index is 14.5. The molecular formula is C47H64N4O13. The van der Waals surface area contributed by atoms with Crippen molar-refractivity contribution >= 4 is 40.3 Å². The molecule has 7 rings (SSSR count). The Hall–Kier alpha value is -5.20. The lowest BCUT2D eigenvalue weighted by Gasteiger charge is -2.51. The van der Waals surface area contributed by atoms with Gasteiger partial charge in [0, 0.05) is 61.2 Å². The lowest BCUT2D eigenvalue weighted by molar-refractivity contribution is -0.909. The van der Waals surface area contributed by atoms with E-state index >= 15 is 0 Å². The second-order valence-electron chi connectivity index (χ2n) is 18.2. The van der Waals surface area contributed by atoms with E-state index < -0.39 is 88.8 Å². The fourth-order valence-electron chi connectivity index (χ4n) is 9.66. The predicted molar refractivity (Wildman–Crippen MR) is 239 cm³/mol. The standard InChI is InChI=1S/C47H64N4O13/c1-24-13-12-14-25(2)46(59)49-37-32(23-48-50-18-20-51(60,21-19-50)31-15-10-11-16-31)41(56)34-35(42(37)57)40(55)29(6)44-36(34)45(58)47(8,64-44)62-22-17-33(61-9)26(3)43(63-30(7)52)28(5)39(54)27(4)38(24)53/h12-14,17,22-24,26-28,31,33,38-39,43,53-57H,10-11,15-16,18-21H2,1-9H3,(H,49,59)/b13-12+,22-17+,25-14-,48-23+/t24-,26+,27+,28+,33-,38-,39+,43+,47-/m0/s1. The van der Waals surface area contributed by atoms with Crippen LogP contribution >= 0.6 is 0 Å². The Kier molecular flexibility index (Phi) is 14.4. The molecule has 350 valence electrons. The van der Waals surface area contributed by atoms with Gasteiger partial charge in [-0.1, -0.05) is 45.9 Å². The molecule has 9 atom stereocenters. The van der Waals surface area contributed by atoms with E-state index in [1.807, 2.05) is 0 Å². The maximum Gasteiger partial charge on any atom is 0.312 e. The van der Waals surface area contributed by atoms with E-state index in [4.69, 9.17) is 18.9 Å². The van der Waals surface area contributed by atoms with Gasteiger partial charge in [-0.2, -0.15) is 5.10 Å². The van der Waals surface area contributed by atoms with E-state index in [-0.39, 0.29) is 55.2 Å². The van der Waals surface area contributed by atoms with Crippen LogP contribution in [0, 0.1) is 35.8 Å². The molecule has 0 unspecified atom stereocenters. The van der Waals surface area contributed by atoms with E-state index in [2.05, 4.69) is 10.4 Å². The first-order valence-corrected chi connectivity index (χ1v) is 22.1. The minimum atomic E-state index is -2.07. The number of esters is 1. The zero-order chi connectivity index (χ0) is 47.0. The Morgan fingerprint density at radius 1 is 0.969 bits per heavy atom. The quantitative estimate of drug-likeness (QED) is 0.0531. The number of hydrogen-bond acceptors (Lipinski definition) is 15. The van der Waals surface area contributed by atoms with Gasteiger partial charge in [0.2, 0.25) is 0 Å². The molecule has 17 heteroatoms. The molecule has 2 aromatic carbocycles. The summed E-state index contributed by atoms with van der Waals surface area (Å²) in [6.45, 7) is 13.7. The molecule has 1 aliphatic carbocycles. The van der Waals surface area contributed by atoms with Crippen molar-refractivity contribution in [2.24, 2.45) is 28.8 Å². The Labute approximate surface area is 373 Å². The number of quaternary nitrogens is 1. The van der Waals surface area contributed by atoms with Crippen molar-refractivity contribution in [1.29, 1.82) is 0 Å². The normalized spacial score (nSPS) is 32.6. The molecule has 6 N–H and O–H groups in total. The third-order valence-corrected chi connectivity index (χ3v) is 13.8. The number of aromatic hydroxyl groups is 3. The number of hydrogen-bond donors (Lipinski definition) is 6. The van der Waals surface area contributed by atoms with Gasteiger partial charge in [-0.3, -0.25) is 19.4 Å². The first kappa shape index (κ1) is 48.3. The van der Waals surface area contributed by atoms with Crippen molar-refractivity contribution in [3.63, 3.8) is 0 Å². The van der Waals surface area contributed by atoms with Gasteiger partial charge >= 0.3 is 11.8 Å². The molecule has 1 saturated carbocycles. The summed E-state index contributed by atoms with van der Waals surface area (Å²) in [5.41, 5.74) is -0.524. The number of benzene rings is 2. The van der Waals surface area contributed by atoms with Crippen LogP contribution in [-0.2, 0) is 23.8 Å². The number of aliphatic hydroxyl groups excluding tert-OH is 2. The number of phenols is 3. The zero-order valence-corrected chi connectivity index (χ0v) is 38.2. The average molecular weight is 893 g/mol. The molecule has 5 aliphatic rings. The highest BCUT2D eigenvalue weighted by Crippen LogP contribution is 2.55. The molecule has 64 heavy (non-hydrogen) atoms. The number of hydroxylamine groups is 3. The molecule has 5 bridgehead atoms. The summed E-state index contributed by atoms with van der Waals surface area (Å²) in [6.07, 6.45) is 8.54. The van der Waals surface area contributed by atoms with Gasteiger partial charge in [-0.15, -0.1) is 0 Å². The van der Waals surface area contributed by atoms with Gasteiger partial charge in [-0.25, -0.2) is 0 Å². The van der Waals surface area contributed by atoms with Gasteiger partial charge < -0.3 is 59.7 Å². The first-order chi connectivity index (χ1) is 30.1. The van der Waals surface area contributed by atoms with Crippen LogP contribution in [-0.4, -0.2) is 129 Å². The van der Waals surface area contributed by atoms with Crippen LogP contribution in [0.3, 0.4) is 0 Å². The fourth-order valence-corrected chi connectivity index (χ4v) is 9.66. The van der Waals surface area contributed by atoms with E-state index in [0.717, 1.165) is 25.7 Å². The van der Waals surface area contributed by atoms with Crippen LogP contribution in [0.25, 0.3) is 10.8 Å². The van der Waals surface area contributed by atoms with Crippen molar-refractivity contribution < 1.29 is 63.5 Å². The number of anilines is 1. The summed E-state index contributed by atoms with van der Waals surface area (Å²) in [5.74, 6) is -8.63. The molecule has 4 aliphatic heterocycles. The van der Waals surface area contributed by atoms with E-state index in [1.165, 1.54) is 59.4 Å². The fraction of sp³-hybridized carbons (Fsp3) is 0.574. The smallest absolute Gasteiger partial charge is 0.312 e. The maximum atomic E-state index is 14.5. The summed E-state index contributed by atoms with van der Waals surface area (Å²) in [7, 11) is 1.43. The van der Waals surface area contributed by atoms with Crippen molar-refractivity contribution in [2.75, 3.05) is 38.6 Å². The molecule has 4 heterocycles. The summed E-state index contributed by atoms with van der Waals surface area (Å²) in [6, 6.07) is 0.0489. The van der Waals surface area contributed by atoms with Gasteiger partial charge in [0.25, 0.3) is 11.7 Å². The molecule has 2 aromatic rings. The van der Waals surface area contributed by atoms with Gasteiger partial charge in [0.05, 0.1) is 85.2 Å². The summed E-state index contributed by atoms with van der Waals surface area (Å²) >= 11 is 0. The number of ether oxygens (including phenoxy) is 4. The minimum Gasteiger partial charge on any atom is -0.632 e. The topological polar surface area (TPSA) is 240 Å². The van der Waals surface area contributed by atoms with Gasteiger partial charge in [0.15, 0.2) is 5.75 Å². The molecule has 0 spiro atoms. The third-order valence-electron chi connectivity index (χ3n) is 13.8. The van der Waals surface area contributed by atoms with Crippen LogP contribution in [0.5, 0.6) is 23.0 Å². The number of rotatable bonds is 5. The predicted octanol–water partition coefficient (Wildman–Crippen LogP) is 5.66. The number of Topliss-reactive ketones (excluding diaryl/α,β-unsaturated/α-hetero) is 1. The molecule has 2 fully saturated rings. The van der Waals surface area contributed by atoms with E-state index in [9.17, 15) is 45.1 Å². The molecule has 1 saturated heterocycles. The van der Waals surface area contributed by atoms with Crippen molar-refractivity contribution in [1.82, 2.24) is 5.01 Å². The lowest BCUT2D eigenvalue weighted by Crippen LogP contribution is -2.59. The molecule has 0 aromatic heterocycles. The Morgan fingerprint density at radius 3 is 2.25 bits per heavy atom. The van der Waals surface area contributed by atoms with Crippen LogP contribution in [0.1, 0.15) is 95.6 Å². The van der Waals surface area contributed by atoms with Crippen molar-refractivity contribution in [2.45, 2.75) is 117 Å². The second kappa shape index (κ2) is 19.1. The number of aliphatic hydroxyl groups is 2. The van der Waals surface area contributed by atoms with Gasteiger partial charge in [0.1, 0.15) is 23.4 Å². The van der Waals surface area contributed by atoms with E-state index in [0.29, 0.717) is 26.2 Å². The number of fused-ring (bicyclic) bond motifs is 14. The van der Waals surface area contributed by atoms with Crippen molar-refractivity contribution in [3.8, 4) is 23.0 Å². The zero-order valence-electron chi connectivity index (χ0n) is 38.2. The first-order valence-electron chi connectivity index (χ1n) is 22.1. The van der Waals surface area contributed by atoms with Gasteiger partial charge in [-0.05, 0) is 45.6 Å². The lowest BCUT2D eigenvalue weighted by atomic mass is 9.78. The number of carbonyl (C=O) groups excluding carboxylic acids is 3. The van der Waals surface area contributed by atoms with Crippen LogP contribution < -0.4 is 10.1 Å². The number of allylic oxidation sites excluding steroid dienone is 2. The number of piperazine rings is 1. The molecular weight excluding hydrogens is 829 g/mol. The Bertz CT molecular complexity index is 2240. The summed E-state index contributed by atoms with van der Waals surface area (Å²) < 4.78 is 23.4. The third kappa shape index (κ3) is 9.18. The second-order valence-corrected chi connectivity index (χ2v) is 18.2.